The molecule has 2 aromatic rings. The van der Waals surface area contributed by atoms with Crippen LogP contribution in [0.1, 0.15) is 16.5 Å². The number of halogens is 2. The summed E-state index contributed by atoms with van der Waals surface area (Å²) in [5.41, 5.74) is 1.81. The number of rotatable bonds is 5. The van der Waals surface area contributed by atoms with Gasteiger partial charge in [0, 0.05) is 17.3 Å². The number of ether oxygens (including phenoxy) is 1. The number of methoxy groups -OCH3 is 1. The summed E-state index contributed by atoms with van der Waals surface area (Å²) in [6.45, 7) is 0.399. The lowest BCUT2D eigenvalue weighted by molar-refractivity contribution is -0.142. The molecule has 0 spiro atoms. The van der Waals surface area contributed by atoms with E-state index in [0.29, 0.717) is 27.5 Å². The molecule has 1 saturated heterocycles. The second-order valence-electron chi connectivity index (χ2n) is 5.90. The van der Waals surface area contributed by atoms with E-state index < -0.39 is 12.0 Å². The molecular formula is C18H17BrClNO4S. The lowest BCUT2D eigenvalue weighted by Gasteiger charge is -2.28. The number of hydrogen-bond donors (Lipinski definition) is 2. The number of phenols is 1. The molecule has 5 nitrogen and oxygen atoms in total. The molecule has 138 valence electrons. The van der Waals surface area contributed by atoms with Crippen LogP contribution in [0.2, 0.25) is 5.02 Å². The van der Waals surface area contributed by atoms with Crippen molar-refractivity contribution in [1.29, 1.82) is 0 Å². The minimum absolute atomic E-state index is 0.0215. The SMILES string of the molecule is COc1cc(CN2C(C(=O)O)CSC2c2cccc(Cl)c2)cc(Br)c1O. The molecule has 1 aliphatic heterocycles. The van der Waals surface area contributed by atoms with E-state index in [4.69, 9.17) is 16.3 Å². The van der Waals surface area contributed by atoms with E-state index in [1.54, 1.807) is 30.0 Å². The molecule has 2 aromatic carbocycles. The van der Waals surface area contributed by atoms with Gasteiger partial charge in [0.1, 0.15) is 6.04 Å². The molecular weight excluding hydrogens is 442 g/mol. The molecule has 2 atom stereocenters. The largest absolute Gasteiger partial charge is 0.503 e. The van der Waals surface area contributed by atoms with E-state index in [0.717, 1.165) is 11.1 Å². The van der Waals surface area contributed by atoms with Gasteiger partial charge in [-0.1, -0.05) is 23.7 Å². The summed E-state index contributed by atoms with van der Waals surface area (Å²) in [5.74, 6) is -0.00410. The molecule has 8 heteroatoms. The van der Waals surface area contributed by atoms with Crippen molar-refractivity contribution >= 4 is 45.3 Å². The summed E-state index contributed by atoms with van der Waals surface area (Å²) in [4.78, 5) is 13.7. The molecule has 0 radical (unpaired) electrons. The fraction of sp³-hybridized carbons (Fsp3) is 0.278. The number of benzene rings is 2. The average molecular weight is 459 g/mol. The van der Waals surface area contributed by atoms with Crippen molar-refractivity contribution in [3.8, 4) is 11.5 Å². The van der Waals surface area contributed by atoms with Gasteiger partial charge in [-0.2, -0.15) is 0 Å². The van der Waals surface area contributed by atoms with Gasteiger partial charge in [0.15, 0.2) is 11.5 Å². The van der Waals surface area contributed by atoms with Crippen LogP contribution in [-0.4, -0.2) is 40.0 Å². The molecule has 0 bridgehead atoms. The van der Waals surface area contributed by atoms with Crippen LogP contribution in [0.5, 0.6) is 11.5 Å². The highest BCUT2D eigenvalue weighted by atomic mass is 79.9. The Hall–Kier alpha value is -1.41. The van der Waals surface area contributed by atoms with Crippen LogP contribution >= 0.6 is 39.3 Å². The maximum absolute atomic E-state index is 11.7. The fourth-order valence-electron chi connectivity index (χ4n) is 2.98. The van der Waals surface area contributed by atoms with E-state index in [-0.39, 0.29) is 11.1 Å². The zero-order valence-corrected chi connectivity index (χ0v) is 17.0. The first kappa shape index (κ1) is 19.4. The first-order chi connectivity index (χ1) is 12.4. The highest BCUT2D eigenvalue weighted by Crippen LogP contribution is 2.44. The van der Waals surface area contributed by atoms with Crippen LogP contribution in [0.3, 0.4) is 0 Å². The minimum Gasteiger partial charge on any atom is -0.503 e. The van der Waals surface area contributed by atoms with Gasteiger partial charge in [0.25, 0.3) is 0 Å². The van der Waals surface area contributed by atoms with Crippen molar-refractivity contribution in [1.82, 2.24) is 4.90 Å². The molecule has 0 saturated carbocycles. The Morgan fingerprint density at radius 2 is 2.19 bits per heavy atom. The number of carboxylic acids is 1. The quantitative estimate of drug-likeness (QED) is 0.687. The molecule has 0 amide bonds. The van der Waals surface area contributed by atoms with Gasteiger partial charge >= 0.3 is 5.97 Å². The van der Waals surface area contributed by atoms with Crippen LogP contribution in [0.4, 0.5) is 0 Å². The second kappa shape index (κ2) is 8.08. The van der Waals surface area contributed by atoms with Gasteiger partial charge in [-0.25, -0.2) is 0 Å². The second-order valence-corrected chi connectivity index (χ2v) is 8.30. The Labute approximate surface area is 169 Å². The van der Waals surface area contributed by atoms with Crippen molar-refractivity contribution in [2.24, 2.45) is 0 Å². The number of phenolic OH excluding ortho intramolecular Hbond substituents is 1. The Morgan fingerprint density at radius 3 is 2.85 bits per heavy atom. The lowest BCUT2D eigenvalue weighted by atomic mass is 10.1. The van der Waals surface area contributed by atoms with Crippen molar-refractivity contribution in [2.45, 2.75) is 18.0 Å². The van der Waals surface area contributed by atoms with E-state index in [9.17, 15) is 15.0 Å². The first-order valence-electron chi connectivity index (χ1n) is 7.81. The summed E-state index contributed by atoms with van der Waals surface area (Å²) in [5, 5.41) is 20.1. The first-order valence-corrected chi connectivity index (χ1v) is 10.0. The number of carbonyl (C=O) groups is 1. The predicted octanol–water partition coefficient (Wildman–Crippen LogP) is 4.52. The molecule has 2 N–H and O–H groups in total. The summed E-state index contributed by atoms with van der Waals surface area (Å²) in [6, 6.07) is 10.4. The van der Waals surface area contributed by atoms with Crippen LogP contribution in [-0.2, 0) is 11.3 Å². The van der Waals surface area contributed by atoms with Gasteiger partial charge < -0.3 is 14.9 Å². The Balaban J connectivity index is 1.95. The zero-order chi connectivity index (χ0) is 18.8. The third kappa shape index (κ3) is 3.96. The minimum atomic E-state index is -0.855. The Morgan fingerprint density at radius 1 is 1.42 bits per heavy atom. The van der Waals surface area contributed by atoms with Gasteiger partial charge in [-0.05, 0) is 51.3 Å². The number of aliphatic carboxylic acids is 1. The van der Waals surface area contributed by atoms with E-state index >= 15 is 0 Å². The molecule has 2 unspecified atom stereocenters. The summed E-state index contributed by atoms with van der Waals surface area (Å²) < 4.78 is 5.70. The summed E-state index contributed by atoms with van der Waals surface area (Å²) >= 11 is 11.0. The third-order valence-corrected chi connectivity index (χ3v) is 6.41. The van der Waals surface area contributed by atoms with Gasteiger partial charge in [0.05, 0.1) is 17.0 Å². The van der Waals surface area contributed by atoms with Crippen molar-refractivity contribution in [2.75, 3.05) is 12.9 Å². The number of aromatic hydroxyl groups is 1. The Bertz CT molecular complexity index is 835. The smallest absolute Gasteiger partial charge is 0.321 e. The standard InChI is InChI=1S/C18H17BrClNO4S/c1-25-15-6-10(5-13(19)16(15)22)8-21-14(18(23)24)9-26-17(21)11-3-2-4-12(20)7-11/h2-7,14,17,22H,8-9H2,1H3,(H,23,24). The molecule has 0 aromatic heterocycles. The van der Waals surface area contributed by atoms with E-state index in [1.165, 1.54) is 7.11 Å². The maximum Gasteiger partial charge on any atom is 0.321 e. The van der Waals surface area contributed by atoms with E-state index in [2.05, 4.69) is 15.9 Å². The van der Waals surface area contributed by atoms with Crippen molar-refractivity contribution in [3.05, 3.63) is 57.0 Å². The predicted molar refractivity (Wildman–Crippen MR) is 106 cm³/mol. The molecule has 1 heterocycles. The van der Waals surface area contributed by atoms with Crippen LogP contribution < -0.4 is 4.74 Å². The highest BCUT2D eigenvalue weighted by molar-refractivity contribution is 9.10. The topological polar surface area (TPSA) is 70.0 Å². The fourth-order valence-corrected chi connectivity index (χ4v) is 5.12. The molecule has 26 heavy (non-hydrogen) atoms. The number of thioether (sulfide) groups is 1. The van der Waals surface area contributed by atoms with Gasteiger partial charge in [-0.15, -0.1) is 11.8 Å². The van der Waals surface area contributed by atoms with Crippen LogP contribution in [0.15, 0.2) is 40.9 Å². The summed E-state index contributed by atoms with van der Waals surface area (Å²) in [6.07, 6.45) is 0. The molecule has 3 rings (SSSR count). The van der Waals surface area contributed by atoms with Crippen molar-refractivity contribution < 1.29 is 19.7 Å². The van der Waals surface area contributed by atoms with Crippen LogP contribution in [0.25, 0.3) is 0 Å². The highest BCUT2D eigenvalue weighted by Gasteiger charge is 2.39. The zero-order valence-electron chi connectivity index (χ0n) is 13.9. The lowest BCUT2D eigenvalue weighted by Crippen LogP contribution is -2.38. The monoisotopic (exact) mass is 457 g/mol. The normalized spacial score (nSPS) is 20.3. The maximum atomic E-state index is 11.7. The van der Waals surface area contributed by atoms with Gasteiger partial charge in [-0.3, -0.25) is 9.69 Å². The summed E-state index contributed by atoms with van der Waals surface area (Å²) in [7, 11) is 1.48. The molecule has 1 aliphatic rings. The number of nitrogens with zero attached hydrogens (tertiary/aromatic N) is 1. The van der Waals surface area contributed by atoms with Crippen molar-refractivity contribution in [3.63, 3.8) is 0 Å². The Kier molecular flexibility index (Phi) is 6.02. The van der Waals surface area contributed by atoms with Gasteiger partial charge in [0.2, 0.25) is 0 Å². The average Bonchev–Trinajstić information content (AvgIpc) is 3.01. The number of carboxylic acid groups (broad SMARTS) is 1. The van der Waals surface area contributed by atoms with Crippen LogP contribution in [0, 0.1) is 0 Å². The molecule has 1 fully saturated rings. The third-order valence-electron chi connectivity index (χ3n) is 4.21. The molecule has 0 aliphatic carbocycles. The van der Waals surface area contributed by atoms with E-state index in [1.807, 2.05) is 23.1 Å². The number of hydrogen-bond acceptors (Lipinski definition) is 5.